The van der Waals surface area contributed by atoms with Gasteiger partial charge in [0.15, 0.2) is 18.9 Å². The molecule has 0 fully saturated rings. The molecule has 2 nitrogen and oxygen atoms in total. The van der Waals surface area contributed by atoms with Crippen molar-refractivity contribution in [3.63, 3.8) is 0 Å². The van der Waals surface area contributed by atoms with Crippen LogP contribution >= 0.6 is 0 Å². The highest BCUT2D eigenvalue weighted by Gasteiger charge is 2.01. The molecule has 0 radical (unpaired) electrons. The molecule has 112 valence electrons. The summed E-state index contributed by atoms with van der Waals surface area (Å²) in [5.74, 6) is 0. The van der Waals surface area contributed by atoms with Crippen LogP contribution in [-0.2, 0) is 6.54 Å². The summed E-state index contributed by atoms with van der Waals surface area (Å²) < 4.78 is 2.16. The number of rotatable bonds is 5. The molecule has 1 aromatic heterocycles. The summed E-state index contributed by atoms with van der Waals surface area (Å²) in [5.41, 5.74) is 4.21. The Morgan fingerprint density at radius 3 is 1.87 bits per heavy atom. The van der Waals surface area contributed by atoms with E-state index >= 15 is 0 Å². The maximum atomic E-state index is 10.6. The highest BCUT2D eigenvalue weighted by molar-refractivity contribution is 5.76. The average Bonchev–Trinajstić information content (AvgIpc) is 2.62. The highest BCUT2D eigenvalue weighted by Crippen LogP contribution is 2.08. The van der Waals surface area contributed by atoms with Crippen LogP contribution in [0.4, 0.5) is 0 Å². The van der Waals surface area contributed by atoms with Gasteiger partial charge in [-0.25, -0.2) is 4.57 Å². The van der Waals surface area contributed by atoms with Gasteiger partial charge in [-0.3, -0.25) is 4.79 Å². The molecule has 0 aliphatic rings. The molecular formula is C21H18NO+. The van der Waals surface area contributed by atoms with Crippen molar-refractivity contribution in [2.45, 2.75) is 6.54 Å². The Hall–Kier alpha value is -3.00. The molecule has 0 saturated heterocycles. The van der Waals surface area contributed by atoms with Gasteiger partial charge in [0.05, 0.1) is 0 Å². The van der Waals surface area contributed by atoms with Crippen molar-refractivity contribution in [2.24, 2.45) is 0 Å². The first-order valence-electron chi connectivity index (χ1n) is 7.60. The normalized spacial score (nSPS) is 10.8. The van der Waals surface area contributed by atoms with Crippen molar-refractivity contribution in [1.82, 2.24) is 0 Å². The number of nitrogens with zero attached hydrogens (tertiary/aromatic N) is 1. The fourth-order valence-corrected chi connectivity index (χ4v) is 2.36. The number of carbonyl (C=O) groups is 1. The van der Waals surface area contributed by atoms with Crippen LogP contribution in [0.2, 0.25) is 0 Å². The number of hydrogen-bond acceptors (Lipinski definition) is 1. The average molecular weight is 300 g/mol. The quantitative estimate of drug-likeness (QED) is 0.515. The highest BCUT2D eigenvalue weighted by atomic mass is 16.1. The lowest BCUT2D eigenvalue weighted by molar-refractivity contribution is -0.688. The first-order valence-corrected chi connectivity index (χ1v) is 7.60. The third-order valence-electron chi connectivity index (χ3n) is 3.67. The van der Waals surface area contributed by atoms with E-state index in [1.165, 1.54) is 5.56 Å². The fraction of sp³-hybridized carbons (Fsp3) is 0.0476. The Balaban J connectivity index is 1.66. The lowest BCUT2D eigenvalue weighted by Gasteiger charge is -1.98. The Bertz CT molecular complexity index is 788. The summed E-state index contributed by atoms with van der Waals surface area (Å²) in [6.07, 6.45) is 9.15. The van der Waals surface area contributed by atoms with Gasteiger partial charge in [0.25, 0.3) is 0 Å². The fourth-order valence-electron chi connectivity index (χ4n) is 2.36. The third-order valence-corrected chi connectivity index (χ3v) is 3.67. The van der Waals surface area contributed by atoms with Crippen molar-refractivity contribution in [1.29, 1.82) is 0 Å². The third kappa shape index (κ3) is 4.24. The van der Waals surface area contributed by atoms with Crippen LogP contribution in [0.25, 0.3) is 12.2 Å². The van der Waals surface area contributed by atoms with Crippen LogP contribution in [0.15, 0.2) is 79.1 Å². The second-order valence-electron chi connectivity index (χ2n) is 5.41. The van der Waals surface area contributed by atoms with Gasteiger partial charge in [0.2, 0.25) is 0 Å². The molecule has 0 spiro atoms. The minimum absolute atomic E-state index is 0.698. The molecule has 3 rings (SSSR count). The first-order chi connectivity index (χ1) is 11.3. The van der Waals surface area contributed by atoms with Gasteiger partial charge in [0.1, 0.15) is 6.29 Å². The predicted octanol–water partition coefficient (Wildman–Crippen LogP) is 4.01. The molecular weight excluding hydrogens is 282 g/mol. The van der Waals surface area contributed by atoms with Gasteiger partial charge >= 0.3 is 0 Å². The smallest absolute Gasteiger partial charge is 0.173 e. The molecule has 0 aliphatic heterocycles. The number of carbonyl (C=O) groups excluding carboxylic acids is 1. The Morgan fingerprint density at radius 2 is 1.26 bits per heavy atom. The first kappa shape index (κ1) is 14.9. The molecule has 0 aliphatic carbocycles. The maximum absolute atomic E-state index is 10.6. The van der Waals surface area contributed by atoms with E-state index in [0.717, 1.165) is 24.0 Å². The van der Waals surface area contributed by atoms with Crippen molar-refractivity contribution in [3.05, 3.63) is 101 Å². The van der Waals surface area contributed by atoms with E-state index in [4.69, 9.17) is 0 Å². The monoisotopic (exact) mass is 300 g/mol. The predicted molar refractivity (Wildman–Crippen MR) is 92.9 cm³/mol. The van der Waals surface area contributed by atoms with Crippen molar-refractivity contribution < 1.29 is 9.36 Å². The molecule has 23 heavy (non-hydrogen) atoms. The van der Waals surface area contributed by atoms with E-state index in [-0.39, 0.29) is 0 Å². The Labute approximate surface area is 136 Å². The van der Waals surface area contributed by atoms with Crippen molar-refractivity contribution >= 4 is 18.4 Å². The van der Waals surface area contributed by atoms with Gasteiger partial charge < -0.3 is 0 Å². The summed E-state index contributed by atoms with van der Waals surface area (Å²) in [4.78, 5) is 10.6. The van der Waals surface area contributed by atoms with Gasteiger partial charge in [0, 0.05) is 23.3 Å². The Morgan fingerprint density at radius 1 is 0.696 bits per heavy atom. The van der Waals surface area contributed by atoms with Crippen LogP contribution in [0, 0.1) is 0 Å². The van der Waals surface area contributed by atoms with E-state index in [2.05, 4.69) is 59.4 Å². The van der Waals surface area contributed by atoms with Crippen molar-refractivity contribution in [3.8, 4) is 0 Å². The van der Waals surface area contributed by atoms with E-state index in [0.29, 0.717) is 5.56 Å². The van der Waals surface area contributed by atoms with E-state index in [9.17, 15) is 4.79 Å². The minimum atomic E-state index is 0.698. The van der Waals surface area contributed by atoms with Crippen molar-refractivity contribution in [2.75, 3.05) is 0 Å². The van der Waals surface area contributed by atoms with Gasteiger partial charge in [-0.05, 0) is 11.1 Å². The lowest BCUT2D eigenvalue weighted by Crippen LogP contribution is -2.32. The molecule has 0 atom stereocenters. The second kappa shape index (κ2) is 7.32. The molecule has 0 saturated carbocycles. The summed E-state index contributed by atoms with van der Waals surface area (Å²) in [7, 11) is 0. The topological polar surface area (TPSA) is 20.9 Å². The van der Waals surface area contributed by atoms with Crippen LogP contribution in [-0.4, -0.2) is 6.29 Å². The molecule has 0 bridgehead atoms. The molecule has 1 heterocycles. The zero-order valence-electron chi connectivity index (χ0n) is 12.8. The largest absolute Gasteiger partial charge is 0.298 e. The van der Waals surface area contributed by atoms with Crippen LogP contribution in [0.3, 0.4) is 0 Å². The molecule has 2 aromatic carbocycles. The SMILES string of the molecule is O=Cc1ccc(/C=C\c2cc[n+](Cc3ccccc3)cc2)cc1. The van der Waals surface area contributed by atoms with Gasteiger partial charge in [-0.1, -0.05) is 66.7 Å². The van der Waals surface area contributed by atoms with Crippen LogP contribution in [0.1, 0.15) is 27.0 Å². The molecule has 0 unspecified atom stereocenters. The van der Waals surface area contributed by atoms with E-state index in [1.54, 1.807) is 0 Å². The van der Waals surface area contributed by atoms with E-state index < -0.39 is 0 Å². The number of hydrogen-bond donors (Lipinski definition) is 0. The molecule has 0 N–H and O–H groups in total. The number of aldehydes is 1. The summed E-state index contributed by atoms with van der Waals surface area (Å²) >= 11 is 0. The minimum Gasteiger partial charge on any atom is -0.298 e. The summed E-state index contributed by atoms with van der Waals surface area (Å²) in [5, 5.41) is 0. The number of aromatic nitrogens is 1. The lowest BCUT2D eigenvalue weighted by atomic mass is 10.1. The van der Waals surface area contributed by atoms with Gasteiger partial charge in [-0.2, -0.15) is 0 Å². The molecule has 2 heteroatoms. The van der Waals surface area contributed by atoms with Crippen LogP contribution in [0.5, 0.6) is 0 Å². The number of benzene rings is 2. The summed E-state index contributed by atoms with van der Waals surface area (Å²) in [6.45, 7) is 0.873. The summed E-state index contributed by atoms with van der Waals surface area (Å²) in [6, 6.07) is 22.1. The standard InChI is InChI=1S/C21H18NO/c23-17-21-10-8-18(9-11-21)6-7-19-12-14-22(15-13-19)16-20-4-2-1-3-5-20/h1-15,17H,16H2/q+1/b7-6-. The Kier molecular flexibility index (Phi) is 4.75. The van der Waals surface area contributed by atoms with Crippen LogP contribution < -0.4 is 4.57 Å². The zero-order chi connectivity index (χ0) is 15.9. The number of pyridine rings is 1. The molecule has 3 aromatic rings. The maximum Gasteiger partial charge on any atom is 0.173 e. The second-order valence-corrected chi connectivity index (χ2v) is 5.41. The molecule has 0 amide bonds. The van der Waals surface area contributed by atoms with Gasteiger partial charge in [-0.15, -0.1) is 0 Å². The van der Waals surface area contributed by atoms with E-state index in [1.807, 2.05) is 36.4 Å². The zero-order valence-corrected chi connectivity index (χ0v) is 12.8.